The van der Waals surface area contributed by atoms with Crippen molar-refractivity contribution in [2.45, 2.75) is 56.5 Å². The Morgan fingerprint density at radius 1 is 0.895 bits per heavy atom. The first-order valence-corrected chi connectivity index (χ1v) is 15.1. The summed E-state index contributed by atoms with van der Waals surface area (Å²) in [4.78, 5) is 29.2. The van der Waals surface area contributed by atoms with Gasteiger partial charge in [0.25, 0.3) is 0 Å². The first-order valence-electron chi connectivity index (χ1n) is 12.8. The Hall–Kier alpha value is -2.18. The fraction of sp³-hybridized carbons (Fsp3) is 0.333. The van der Waals surface area contributed by atoms with E-state index in [-0.39, 0.29) is 30.2 Å². The lowest BCUT2D eigenvalue weighted by molar-refractivity contribution is -0.139. The number of hydrogen-bond acceptors (Lipinski definition) is 3. The van der Waals surface area contributed by atoms with Crippen LogP contribution in [-0.2, 0) is 28.3 Å². The van der Waals surface area contributed by atoms with Crippen LogP contribution in [0.4, 0.5) is 0 Å². The van der Waals surface area contributed by atoms with E-state index in [1.165, 1.54) is 11.8 Å². The number of thioether (sulfide) groups is 1. The normalized spacial score (nSPS) is 14.3. The van der Waals surface area contributed by atoms with Crippen molar-refractivity contribution < 1.29 is 9.59 Å². The van der Waals surface area contributed by atoms with E-state index in [0.29, 0.717) is 27.2 Å². The lowest BCUT2D eigenvalue weighted by Crippen LogP contribution is -2.52. The molecule has 1 atom stereocenters. The molecule has 3 aromatic carbocycles. The van der Waals surface area contributed by atoms with Gasteiger partial charge >= 0.3 is 0 Å². The molecule has 38 heavy (non-hydrogen) atoms. The van der Waals surface area contributed by atoms with Crippen LogP contribution >= 0.6 is 46.6 Å². The van der Waals surface area contributed by atoms with Crippen molar-refractivity contribution in [2.75, 3.05) is 5.75 Å². The number of nitrogens with zero attached hydrogens (tertiary/aromatic N) is 1. The first kappa shape index (κ1) is 28.8. The predicted molar refractivity (Wildman–Crippen MR) is 159 cm³/mol. The van der Waals surface area contributed by atoms with E-state index in [1.807, 2.05) is 48.5 Å². The van der Waals surface area contributed by atoms with Crippen LogP contribution in [0.5, 0.6) is 0 Å². The smallest absolute Gasteiger partial charge is 0.243 e. The maximum Gasteiger partial charge on any atom is 0.243 e. The molecule has 0 radical (unpaired) electrons. The number of rotatable bonds is 11. The second kappa shape index (κ2) is 14.3. The zero-order valence-corrected chi connectivity index (χ0v) is 24.1. The summed E-state index contributed by atoms with van der Waals surface area (Å²) in [6.07, 6.45) is 4.59. The number of nitrogens with one attached hydrogen (secondary N) is 1. The molecule has 4 rings (SSSR count). The van der Waals surface area contributed by atoms with Crippen molar-refractivity contribution in [3.63, 3.8) is 0 Å². The van der Waals surface area contributed by atoms with Gasteiger partial charge in [-0.2, -0.15) is 0 Å². The molecular formula is C30H31Cl3N2O2S. The molecule has 0 aliphatic heterocycles. The Labute approximate surface area is 244 Å². The van der Waals surface area contributed by atoms with E-state index in [0.717, 1.165) is 42.4 Å². The third kappa shape index (κ3) is 8.16. The molecule has 1 N–H and O–H groups in total. The van der Waals surface area contributed by atoms with Gasteiger partial charge < -0.3 is 10.2 Å². The third-order valence-electron chi connectivity index (χ3n) is 6.75. The minimum atomic E-state index is -0.658. The van der Waals surface area contributed by atoms with Gasteiger partial charge in [0.05, 0.1) is 5.75 Å². The van der Waals surface area contributed by atoms with Gasteiger partial charge in [-0.1, -0.05) is 96.2 Å². The zero-order valence-electron chi connectivity index (χ0n) is 21.0. The van der Waals surface area contributed by atoms with Gasteiger partial charge in [-0.15, -0.1) is 11.8 Å². The average Bonchev–Trinajstić information content (AvgIpc) is 3.41. The molecule has 1 aliphatic rings. The molecule has 4 nitrogen and oxygen atoms in total. The molecule has 0 bridgehead atoms. The summed E-state index contributed by atoms with van der Waals surface area (Å²) < 4.78 is 0. The summed E-state index contributed by atoms with van der Waals surface area (Å²) in [7, 11) is 0. The number of hydrogen-bond donors (Lipinski definition) is 1. The standard InChI is InChI=1S/C30H31Cl3N2O2S/c31-23-11-6-10-22(16-23)18-35(29(36)20-38-19-25-26(32)14-7-15-27(25)33)28(17-21-8-2-1-3-9-21)30(37)34-24-12-4-5-13-24/h1-3,6-11,14-16,24,28H,4-5,12-13,17-20H2,(H,34,37). The van der Waals surface area contributed by atoms with Gasteiger partial charge in [0, 0.05) is 39.8 Å². The molecule has 1 saturated carbocycles. The van der Waals surface area contributed by atoms with Crippen molar-refractivity contribution in [1.29, 1.82) is 0 Å². The summed E-state index contributed by atoms with van der Waals surface area (Å²) >= 11 is 20.4. The molecule has 8 heteroatoms. The second-order valence-electron chi connectivity index (χ2n) is 9.54. The molecular weight excluding hydrogens is 559 g/mol. The maximum absolute atomic E-state index is 13.8. The van der Waals surface area contributed by atoms with Gasteiger partial charge in [-0.3, -0.25) is 9.59 Å². The van der Waals surface area contributed by atoms with Crippen molar-refractivity contribution in [1.82, 2.24) is 10.2 Å². The van der Waals surface area contributed by atoms with E-state index in [9.17, 15) is 9.59 Å². The Bertz CT molecular complexity index is 1210. The Kier molecular flexibility index (Phi) is 10.8. The highest BCUT2D eigenvalue weighted by atomic mass is 35.5. The lowest BCUT2D eigenvalue weighted by Gasteiger charge is -2.32. The van der Waals surface area contributed by atoms with E-state index in [1.54, 1.807) is 29.2 Å². The van der Waals surface area contributed by atoms with E-state index < -0.39 is 6.04 Å². The molecule has 3 aromatic rings. The van der Waals surface area contributed by atoms with Crippen LogP contribution in [0.2, 0.25) is 15.1 Å². The number of carbonyl (C=O) groups is 2. The molecule has 1 fully saturated rings. The summed E-state index contributed by atoms with van der Waals surface area (Å²) in [5, 5.41) is 4.97. The molecule has 0 heterocycles. The summed E-state index contributed by atoms with van der Waals surface area (Å²) in [6.45, 7) is 0.280. The Balaban J connectivity index is 1.58. The van der Waals surface area contributed by atoms with Crippen molar-refractivity contribution in [3.8, 4) is 0 Å². The molecule has 2 amide bonds. The van der Waals surface area contributed by atoms with Gasteiger partial charge in [-0.25, -0.2) is 0 Å². The molecule has 0 saturated heterocycles. The summed E-state index contributed by atoms with van der Waals surface area (Å²) in [5.41, 5.74) is 2.67. The van der Waals surface area contributed by atoms with Crippen molar-refractivity contribution >= 4 is 58.4 Å². The minimum absolute atomic E-state index is 0.115. The summed E-state index contributed by atoms with van der Waals surface area (Å²) in [5.74, 6) is 0.438. The van der Waals surface area contributed by atoms with Crippen LogP contribution in [0.15, 0.2) is 72.8 Å². The highest BCUT2D eigenvalue weighted by Crippen LogP contribution is 2.29. The number of carbonyl (C=O) groups excluding carboxylic acids is 2. The van der Waals surface area contributed by atoms with E-state index in [4.69, 9.17) is 34.8 Å². The van der Waals surface area contributed by atoms with Crippen molar-refractivity contribution in [3.05, 3.63) is 105 Å². The van der Waals surface area contributed by atoms with Gasteiger partial charge in [0.1, 0.15) is 6.04 Å². The topological polar surface area (TPSA) is 49.4 Å². The Morgan fingerprint density at radius 2 is 1.55 bits per heavy atom. The largest absolute Gasteiger partial charge is 0.352 e. The van der Waals surface area contributed by atoms with Crippen LogP contribution < -0.4 is 5.32 Å². The van der Waals surface area contributed by atoms with Crippen LogP contribution in [0.1, 0.15) is 42.4 Å². The monoisotopic (exact) mass is 588 g/mol. The van der Waals surface area contributed by atoms with Gasteiger partial charge in [0.15, 0.2) is 0 Å². The van der Waals surface area contributed by atoms with Crippen molar-refractivity contribution in [2.24, 2.45) is 0 Å². The molecule has 0 spiro atoms. The van der Waals surface area contributed by atoms with Crippen LogP contribution in [0, 0.1) is 0 Å². The maximum atomic E-state index is 13.8. The third-order valence-corrected chi connectivity index (χ3v) is 8.64. The molecule has 1 aliphatic carbocycles. The number of benzene rings is 3. The van der Waals surface area contributed by atoms with Crippen LogP contribution in [-0.4, -0.2) is 34.6 Å². The highest BCUT2D eigenvalue weighted by molar-refractivity contribution is 7.99. The SMILES string of the molecule is O=C(NC1CCCC1)C(Cc1ccccc1)N(Cc1cccc(Cl)c1)C(=O)CSCc1c(Cl)cccc1Cl. The Morgan fingerprint density at radius 3 is 2.24 bits per heavy atom. The predicted octanol–water partition coefficient (Wildman–Crippen LogP) is 7.58. The quantitative estimate of drug-likeness (QED) is 0.251. The number of amides is 2. The van der Waals surface area contributed by atoms with Crippen LogP contribution in [0.3, 0.4) is 0 Å². The first-order chi connectivity index (χ1) is 18.4. The summed E-state index contributed by atoms with van der Waals surface area (Å²) in [6, 6.07) is 22.1. The minimum Gasteiger partial charge on any atom is -0.352 e. The second-order valence-corrected chi connectivity index (χ2v) is 11.8. The lowest BCUT2D eigenvalue weighted by atomic mass is 10.0. The average molecular weight is 590 g/mol. The number of halogens is 3. The fourth-order valence-electron chi connectivity index (χ4n) is 4.75. The molecule has 0 aromatic heterocycles. The van der Waals surface area contributed by atoms with E-state index >= 15 is 0 Å². The van der Waals surface area contributed by atoms with E-state index in [2.05, 4.69) is 5.32 Å². The van der Waals surface area contributed by atoms with Crippen LogP contribution in [0.25, 0.3) is 0 Å². The molecule has 200 valence electrons. The fourth-order valence-corrected chi connectivity index (χ4v) is 6.61. The highest BCUT2D eigenvalue weighted by Gasteiger charge is 2.32. The molecule has 1 unspecified atom stereocenters. The zero-order chi connectivity index (χ0) is 26.9. The van der Waals surface area contributed by atoms with Gasteiger partial charge in [-0.05, 0) is 53.8 Å². The van der Waals surface area contributed by atoms with Gasteiger partial charge in [0.2, 0.25) is 11.8 Å².